The molecule has 2 aromatic rings. The third-order valence-corrected chi connectivity index (χ3v) is 4.91. The first kappa shape index (κ1) is 16.4. The molecule has 0 aliphatic heterocycles. The molecule has 7 heteroatoms. The Bertz CT molecular complexity index is 743. The summed E-state index contributed by atoms with van der Waals surface area (Å²) < 4.78 is 18.4. The van der Waals surface area contributed by atoms with E-state index in [1.54, 1.807) is 11.4 Å². The van der Waals surface area contributed by atoms with Crippen LogP contribution in [0.5, 0.6) is 11.5 Å². The molecule has 0 saturated heterocycles. The second kappa shape index (κ2) is 7.00. The van der Waals surface area contributed by atoms with Gasteiger partial charge in [-0.15, -0.1) is 11.3 Å². The molecule has 0 radical (unpaired) electrons. The number of benzene rings is 1. The lowest BCUT2D eigenvalue weighted by Crippen LogP contribution is -2.39. The summed E-state index contributed by atoms with van der Waals surface area (Å²) in [5, 5.41) is 13.6. The van der Waals surface area contributed by atoms with Crippen LogP contribution in [-0.4, -0.2) is 23.0 Å². The third kappa shape index (κ3) is 3.73. The maximum atomic E-state index is 12.9. The summed E-state index contributed by atoms with van der Waals surface area (Å²) in [5.41, 5.74) is 0. The fraction of sp³-hybridized carbons (Fsp3) is 0.294. The van der Waals surface area contributed by atoms with Crippen LogP contribution in [0.1, 0.15) is 28.9 Å². The van der Waals surface area contributed by atoms with Crippen molar-refractivity contribution in [2.75, 3.05) is 0 Å². The van der Waals surface area contributed by atoms with Crippen molar-refractivity contribution in [3.63, 3.8) is 0 Å². The number of nitrogens with one attached hydrogen (secondary N) is 1. The first-order valence-corrected chi connectivity index (χ1v) is 8.46. The minimum Gasteiger partial charge on any atom is -0.481 e. The standard InChI is InChI=1S/C17H16FNO4S/c18-10-4-6-11(7-5-10)23-12-8-15(24-9-12)16(20)19-14-3-1-2-13(14)17(21)22/h4-9,13-14H,1-3H2,(H,19,20)(H,21,22)/t13-,14+/m0/s1. The quantitative estimate of drug-likeness (QED) is 0.864. The van der Waals surface area contributed by atoms with E-state index in [9.17, 15) is 14.0 Å². The molecular formula is C17H16FNO4S. The van der Waals surface area contributed by atoms with Crippen molar-refractivity contribution in [2.45, 2.75) is 25.3 Å². The number of hydrogen-bond acceptors (Lipinski definition) is 4. The molecule has 2 atom stereocenters. The molecule has 3 rings (SSSR count). The Hall–Kier alpha value is -2.41. The lowest BCUT2D eigenvalue weighted by molar-refractivity contribution is -0.142. The summed E-state index contributed by atoms with van der Waals surface area (Å²) in [6.45, 7) is 0. The maximum absolute atomic E-state index is 12.9. The van der Waals surface area contributed by atoms with Gasteiger partial charge in [0.1, 0.15) is 17.3 Å². The summed E-state index contributed by atoms with van der Waals surface area (Å²) in [7, 11) is 0. The zero-order valence-electron chi connectivity index (χ0n) is 12.7. The van der Waals surface area contributed by atoms with Crippen molar-refractivity contribution in [3.05, 3.63) is 46.4 Å². The molecule has 1 aliphatic rings. The molecule has 1 saturated carbocycles. The maximum Gasteiger partial charge on any atom is 0.308 e. The predicted octanol–water partition coefficient (Wildman–Crippen LogP) is 3.66. The van der Waals surface area contributed by atoms with Gasteiger partial charge in [-0.3, -0.25) is 9.59 Å². The average Bonchev–Trinajstić information content (AvgIpc) is 3.19. The van der Waals surface area contributed by atoms with E-state index in [1.807, 2.05) is 0 Å². The van der Waals surface area contributed by atoms with Gasteiger partial charge in [-0.25, -0.2) is 4.39 Å². The van der Waals surface area contributed by atoms with Crippen LogP contribution in [0.4, 0.5) is 4.39 Å². The van der Waals surface area contributed by atoms with E-state index in [2.05, 4.69) is 5.32 Å². The monoisotopic (exact) mass is 349 g/mol. The lowest BCUT2D eigenvalue weighted by atomic mass is 10.0. The number of carboxylic acid groups (broad SMARTS) is 1. The van der Waals surface area contributed by atoms with Crippen molar-refractivity contribution in [1.29, 1.82) is 0 Å². The number of aliphatic carboxylic acids is 1. The number of carboxylic acids is 1. The number of halogens is 1. The van der Waals surface area contributed by atoms with Gasteiger partial charge in [-0.05, 0) is 37.1 Å². The molecule has 1 aromatic carbocycles. The second-order valence-corrected chi connectivity index (χ2v) is 6.57. The molecule has 1 heterocycles. The molecule has 1 fully saturated rings. The Kier molecular flexibility index (Phi) is 4.80. The van der Waals surface area contributed by atoms with Crippen LogP contribution < -0.4 is 10.1 Å². The molecule has 0 bridgehead atoms. The molecule has 1 amide bonds. The summed E-state index contributed by atoms with van der Waals surface area (Å²) >= 11 is 1.21. The van der Waals surface area contributed by atoms with Gasteiger partial charge < -0.3 is 15.2 Å². The first-order valence-electron chi connectivity index (χ1n) is 7.58. The minimum atomic E-state index is -0.871. The average molecular weight is 349 g/mol. The van der Waals surface area contributed by atoms with Gasteiger partial charge in [-0.1, -0.05) is 6.42 Å². The normalized spacial score (nSPS) is 19.9. The Balaban J connectivity index is 1.63. The van der Waals surface area contributed by atoms with Crippen LogP contribution in [0.2, 0.25) is 0 Å². The van der Waals surface area contributed by atoms with Crippen LogP contribution in [0.15, 0.2) is 35.7 Å². The van der Waals surface area contributed by atoms with Crippen molar-refractivity contribution in [3.8, 4) is 11.5 Å². The second-order valence-electron chi connectivity index (χ2n) is 5.66. The topological polar surface area (TPSA) is 75.6 Å². The molecule has 1 aromatic heterocycles. The zero-order chi connectivity index (χ0) is 17.1. The van der Waals surface area contributed by atoms with Crippen LogP contribution in [0.3, 0.4) is 0 Å². The Morgan fingerprint density at radius 3 is 2.67 bits per heavy atom. The molecule has 0 unspecified atom stereocenters. The number of carbonyl (C=O) groups is 2. The molecule has 126 valence electrons. The first-order chi connectivity index (χ1) is 11.5. The Labute approximate surface area is 142 Å². The number of carbonyl (C=O) groups excluding carboxylic acids is 1. The molecule has 1 aliphatic carbocycles. The number of thiophene rings is 1. The smallest absolute Gasteiger partial charge is 0.308 e. The van der Waals surface area contributed by atoms with E-state index >= 15 is 0 Å². The summed E-state index contributed by atoms with van der Waals surface area (Å²) in [6.07, 6.45) is 2.06. The largest absolute Gasteiger partial charge is 0.481 e. The highest BCUT2D eigenvalue weighted by Crippen LogP contribution is 2.29. The number of ether oxygens (including phenoxy) is 1. The van der Waals surface area contributed by atoms with Gasteiger partial charge in [-0.2, -0.15) is 0 Å². The lowest BCUT2D eigenvalue weighted by Gasteiger charge is -2.16. The van der Waals surface area contributed by atoms with E-state index in [1.165, 1.54) is 35.6 Å². The number of rotatable bonds is 5. The van der Waals surface area contributed by atoms with Crippen molar-refractivity contribution >= 4 is 23.2 Å². The minimum absolute atomic E-state index is 0.299. The van der Waals surface area contributed by atoms with Crippen LogP contribution in [0.25, 0.3) is 0 Å². The summed E-state index contributed by atoms with van der Waals surface area (Å²) in [6, 6.07) is 6.85. The van der Waals surface area contributed by atoms with E-state index in [0.717, 1.165) is 6.42 Å². The SMILES string of the molecule is O=C(N[C@@H]1CCC[C@@H]1C(=O)O)c1cc(Oc2ccc(F)cc2)cs1. The van der Waals surface area contributed by atoms with Gasteiger partial charge >= 0.3 is 5.97 Å². The van der Waals surface area contributed by atoms with E-state index < -0.39 is 11.9 Å². The van der Waals surface area contributed by atoms with Gasteiger partial charge in [0, 0.05) is 17.5 Å². The van der Waals surface area contributed by atoms with Crippen molar-refractivity contribution in [2.24, 2.45) is 5.92 Å². The van der Waals surface area contributed by atoms with Crippen molar-refractivity contribution < 1.29 is 23.8 Å². The molecular weight excluding hydrogens is 333 g/mol. The fourth-order valence-electron chi connectivity index (χ4n) is 2.80. The van der Waals surface area contributed by atoms with Gasteiger partial charge in [0.15, 0.2) is 0 Å². The zero-order valence-corrected chi connectivity index (χ0v) is 13.5. The predicted molar refractivity (Wildman–Crippen MR) is 87.0 cm³/mol. The highest BCUT2D eigenvalue weighted by atomic mass is 32.1. The van der Waals surface area contributed by atoms with Crippen LogP contribution in [-0.2, 0) is 4.79 Å². The van der Waals surface area contributed by atoms with E-state index in [0.29, 0.717) is 29.2 Å². The molecule has 2 N–H and O–H groups in total. The third-order valence-electron chi connectivity index (χ3n) is 4.00. The highest BCUT2D eigenvalue weighted by Gasteiger charge is 2.34. The number of hydrogen-bond donors (Lipinski definition) is 2. The van der Waals surface area contributed by atoms with Gasteiger partial charge in [0.05, 0.1) is 10.8 Å². The van der Waals surface area contributed by atoms with E-state index in [4.69, 9.17) is 9.84 Å². The molecule has 24 heavy (non-hydrogen) atoms. The van der Waals surface area contributed by atoms with Crippen molar-refractivity contribution in [1.82, 2.24) is 5.32 Å². The Morgan fingerprint density at radius 1 is 1.21 bits per heavy atom. The van der Waals surface area contributed by atoms with Gasteiger partial charge in [0.25, 0.3) is 5.91 Å². The van der Waals surface area contributed by atoms with Crippen LogP contribution in [0, 0.1) is 11.7 Å². The van der Waals surface area contributed by atoms with Gasteiger partial charge in [0.2, 0.25) is 0 Å². The fourth-order valence-corrected chi connectivity index (χ4v) is 3.51. The molecule has 0 spiro atoms. The van der Waals surface area contributed by atoms with Crippen LogP contribution >= 0.6 is 11.3 Å². The highest BCUT2D eigenvalue weighted by molar-refractivity contribution is 7.12. The molecule has 5 nitrogen and oxygen atoms in total. The summed E-state index contributed by atoms with van der Waals surface area (Å²) in [4.78, 5) is 23.9. The summed E-state index contributed by atoms with van der Waals surface area (Å²) in [5.74, 6) is -1.08. The van der Waals surface area contributed by atoms with E-state index in [-0.39, 0.29) is 17.8 Å². The number of amides is 1. The Morgan fingerprint density at radius 2 is 1.96 bits per heavy atom.